The van der Waals surface area contributed by atoms with Gasteiger partial charge in [0.2, 0.25) is 0 Å². The van der Waals surface area contributed by atoms with E-state index in [1.54, 1.807) is 12.4 Å². The lowest BCUT2D eigenvalue weighted by Gasteiger charge is -2.14. The molecule has 1 aliphatic rings. The van der Waals surface area contributed by atoms with E-state index >= 15 is 0 Å². The first-order valence-corrected chi connectivity index (χ1v) is 9.73. The van der Waals surface area contributed by atoms with Gasteiger partial charge in [-0.2, -0.15) is 5.10 Å². The van der Waals surface area contributed by atoms with E-state index in [1.165, 1.54) is 23.4 Å². The van der Waals surface area contributed by atoms with E-state index in [2.05, 4.69) is 10.3 Å². The molecule has 0 saturated heterocycles. The minimum atomic E-state index is -0.464. The molecule has 4 rings (SSSR count). The number of hydrogen-bond acceptors (Lipinski definition) is 3. The molecule has 0 bridgehead atoms. The molecule has 0 aliphatic heterocycles. The average Bonchev–Trinajstić information content (AvgIpc) is 3.07. The van der Waals surface area contributed by atoms with E-state index in [1.807, 2.05) is 16.8 Å². The van der Waals surface area contributed by atoms with Crippen molar-refractivity contribution in [2.45, 2.75) is 32.2 Å². The van der Waals surface area contributed by atoms with E-state index in [-0.39, 0.29) is 16.5 Å². The summed E-state index contributed by atoms with van der Waals surface area (Å²) >= 11 is 5.96. The van der Waals surface area contributed by atoms with Crippen molar-refractivity contribution in [3.63, 3.8) is 0 Å². The number of benzene rings is 1. The lowest BCUT2D eigenvalue weighted by molar-refractivity contribution is 0.0952. The molecule has 2 aromatic heterocycles. The Bertz CT molecular complexity index is 1000. The maximum atomic E-state index is 13.2. The number of halogens is 2. The predicted molar refractivity (Wildman–Crippen MR) is 106 cm³/mol. The van der Waals surface area contributed by atoms with Crippen LogP contribution in [0.4, 0.5) is 4.39 Å². The first-order valence-electron chi connectivity index (χ1n) is 9.35. The highest BCUT2D eigenvalue weighted by Gasteiger charge is 2.21. The molecule has 3 aromatic rings. The third-order valence-electron chi connectivity index (χ3n) is 5.00. The maximum absolute atomic E-state index is 13.2. The molecule has 7 heteroatoms. The normalized spacial score (nSPS) is 13.2. The lowest BCUT2D eigenvalue weighted by Crippen LogP contribution is -2.28. The van der Waals surface area contributed by atoms with Crippen LogP contribution in [-0.4, -0.2) is 27.2 Å². The molecule has 1 aromatic carbocycles. The van der Waals surface area contributed by atoms with Crippen LogP contribution in [0.25, 0.3) is 11.3 Å². The zero-order chi connectivity index (χ0) is 19.5. The SMILES string of the molecule is O=C(NCCn1nc(-c2ccncc2)c2c1CCCC2)c1ccc(F)cc1Cl. The fourth-order valence-electron chi connectivity index (χ4n) is 3.64. The van der Waals surface area contributed by atoms with Crippen LogP contribution in [0.5, 0.6) is 0 Å². The van der Waals surface area contributed by atoms with Gasteiger partial charge >= 0.3 is 0 Å². The molecule has 1 N–H and O–H groups in total. The summed E-state index contributed by atoms with van der Waals surface area (Å²) < 4.78 is 15.2. The van der Waals surface area contributed by atoms with E-state index in [0.717, 1.165) is 43.0 Å². The van der Waals surface area contributed by atoms with Gasteiger partial charge in [-0.1, -0.05) is 11.6 Å². The number of nitrogens with zero attached hydrogens (tertiary/aromatic N) is 3. The van der Waals surface area contributed by atoms with Crippen LogP contribution < -0.4 is 5.32 Å². The average molecular weight is 399 g/mol. The Hall–Kier alpha value is -2.73. The summed E-state index contributed by atoms with van der Waals surface area (Å²) in [6.45, 7) is 0.981. The first kappa shape index (κ1) is 18.6. The van der Waals surface area contributed by atoms with Crippen LogP contribution in [0, 0.1) is 5.82 Å². The standard InChI is InChI=1S/C21H20ClFN4O/c22-18-13-15(23)5-6-16(18)21(28)25-11-12-27-19-4-2-1-3-17(19)20(26-27)14-7-9-24-10-8-14/h5-10,13H,1-4,11-12H2,(H,25,28). The number of nitrogens with one attached hydrogen (secondary N) is 1. The second-order valence-corrected chi connectivity index (χ2v) is 7.23. The van der Waals surface area contributed by atoms with E-state index in [0.29, 0.717) is 13.1 Å². The van der Waals surface area contributed by atoms with Gasteiger partial charge in [-0.25, -0.2) is 4.39 Å². The zero-order valence-electron chi connectivity index (χ0n) is 15.3. The summed E-state index contributed by atoms with van der Waals surface area (Å²) in [7, 11) is 0. The molecular formula is C21H20ClFN4O. The van der Waals surface area contributed by atoms with Crippen molar-refractivity contribution < 1.29 is 9.18 Å². The van der Waals surface area contributed by atoms with Crippen molar-refractivity contribution in [2.24, 2.45) is 0 Å². The number of amides is 1. The molecule has 1 amide bonds. The fraction of sp³-hybridized carbons (Fsp3) is 0.286. The van der Waals surface area contributed by atoms with Crippen molar-refractivity contribution >= 4 is 17.5 Å². The van der Waals surface area contributed by atoms with Gasteiger partial charge in [0.15, 0.2) is 0 Å². The van der Waals surface area contributed by atoms with Crippen LogP contribution in [0.2, 0.25) is 5.02 Å². The van der Waals surface area contributed by atoms with Crippen molar-refractivity contribution in [3.05, 3.63) is 70.4 Å². The predicted octanol–water partition coefficient (Wildman–Crippen LogP) is 4.05. The Morgan fingerprint density at radius 1 is 1.18 bits per heavy atom. The molecule has 0 radical (unpaired) electrons. The summed E-state index contributed by atoms with van der Waals surface area (Å²) in [5.41, 5.74) is 4.87. The smallest absolute Gasteiger partial charge is 0.252 e. The van der Waals surface area contributed by atoms with Gasteiger partial charge in [0.25, 0.3) is 5.91 Å². The Labute approximate surface area is 167 Å². The van der Waals surface area contributed by atoms with Gasteiger partial charge in [0, 0.05) is 35.8 Å². The second kappa shape index (κ2) is 8.10. The Morgan fingerprint density at radius 3 is 2.75 bits per heavy atom. The third kappa shape index (κ3) is 3.78. The van der Waals surface area contributed by atoms with E-state index < -0.39 is 5.82 Å². The first-order chi connectivity index (χ1) is 13.6. The van der Waals surface area contributed by atoms with Gasteiger partial charge in [-0.15, -0.1) is 0 Å². The minimum absolute atomic E-state index is 0.106. The maximum Gasteiger partial charge on any atom is 0.252 e. The largest absolute Gasteiger partial charge is 0.350 e. The fourth-order valence-corrected chi connectivity index (χ4v) is 3.89. The number of carbonyl (C=O) groups excluding carboxylic acids is 1. The molecule has 0 saturated carbocycles. The minimum Gasteiger partial charge on any atom is -0.350 e. The van der Waals surface area contributed by atoms with Crippen molar-refractivity contribution in [2.75, 3.05) is 6.54 Å². The monoisotopic (exact) mass is 398 g/mol. The molecule has 1 aliphatic carbocycles. The van der Waals surface area contributed by atoms with Gasteiger partial charge < -0.3 is 5.32 Å². The van der Waals surface area contributed by atoms with Crippen LogP contribution in [-0.2, 0) is 19.4 Å². The number of pyridine rings is 1. The highest BCUT2D eigenvalue weighted by Crippen LogP contribution is 2.30. The number of aromatic nitrogens is 3. The lowest BCUT2D eigenvalue weighted by atomic mass is 9.94. The second-order valence-electron chi connectivity index (χ2n) is 6.82. The summed E-state index contributed by atoms with van der Waals surface area (Å²) in [4.78, 5) is 16.4. The van der Waals surface area contributed by atoms with Gasteiger partial charge in [0.1, 0.15) is 5.82 Å². The number of carbonyl (C=O) groups is 1. The molecule has 2 heterocycles. The number of hydrogen-bond donors (Lipinski definition) is 1. The molecule has 0 unspecified atom stereocenters. The van der Waals surface area contributed by atoms with Gasteiger partial charge in [-0.3, -0.25) is 14.5 Å². The van der Waals surface area contributed by atoms with Crippen LogP contribution in [0.15, 0.2) is 42.7 Å². The molecule has 0 spiro atoms. The van der Waals surface area contributed by atoms with Crippen LogP contribution >= 0.6 is 11.6 Å². The number of fused-ring (bicyclic) bond motifs is 1. The molecule has 5 nitrogen and oxygen atoms in total. The van der Waals surface area contributed by atoms with E-state index in [9.17, 15) is 9.18 Å². The number of rotatable bonds is 5. The quantitative estimate of drug-likeness (QED) is 0.705. The van der Waals surface area contributed by atoms with Crippen molar-refractivity contribution in [1.29, 1.82) is 0 Å². The zero-order valence-corrected chi connectivity index (χ0v) is 16.0. The van der Waals surface area contributed by atoms with Crippen molar-refractivity contribution in [3.8, 4) is 11.3 Å². The summed E-state index contributed by atoms with van der Waals surface area (Å²) in [6, 6.07) is 7.71. The molecule has 0 atom stereocenters. The third-order valence-corrected chi connectivity index (χ3v) is 5.31. The summed E-state index contributed by atoms with van der Waals surface area (Å²) in [5.74, 6) is -0.784. The van der Waals surface area contributed by atoms with Gasteiger partial charge in [0.05, 0.1) is 22.8 Å². The molecular weight excluding hydrogens is 379 g/mol. The highest BCUT2D eigenvalue weighted by atomic mass is 35.5. The van der Waals surface area contributed by atoms with Gasteiger partial charge in [-0.05, 0) is 56.0 Å². The van der Waals surface area contributed by atoms with Crippen LogP contribution in [0.3, 0.4) is 0 Å². The Kier molecular flexibility index (Phi) is 5.39. The topological polar surface area (TPSA) is 59.8 Å². The molecule has 144 valence electrons. The van der Waals surface area contributed by atoms with Crippen LogP contribution in [0.1, 0.15) is 34.5 Å². The van der Waals surface area contributed by atoms with E-state index in [4.69, 9.17) is 16.7 Å². The Morgan fingerprint density at radius 2 is 1.96 bits per heavy atom. The highest BCUT2D eigenvalue weighted by molar-refractivity contribution is 6.33. The molecule has 28 heavy (non-hydrogen) atoms. The Balaban J connectivity index is 1.49. The molecule has 0 fully saturated rings. The summed E-state index contributed by atoms with van der Waals surface area (Å²) in [6.07, 6.45) is 7.87. The summed E-state index contributed by atoms with van der Waals surface area (Å²) in [5, 5.41) is 7.78. The van der Waals surface area contributed by atoms with Crippen molar-refractivity contribution in [1.82, 2.24) is 20.1 Å².